The van der Waals surface area contributed by atoms with Crippen molar-refractivity contribution in [3.05, 3.63) is 99.9 Å². The van der Waals surface area contributed by atoms with Gasteiger partial charge in [-0.2, -0.15) is 13.2 Å². The third-order valence-electron chi connectivity index (χ3n) is 5.45. The molecule has 0 saturated heterocycles. The van der Waals surface area contributed by atoms with Gasteiger partial charge in [0.05, 0.1) is 12.0 Å². The van der Waals surface area contributed by atoms with Gasteiger partial charge in [0.25, 0.3) is 0 Å². The molecule has 1 amide bonds. The number of hydrogen-bond donors (Lipinski definition) is 0. The van der Waals surface area contributed by atoms with Crippen LogP contribution in [-0.4, -0.2) is 12.5 Å². The number of hydrogen-bond acceptors (Lipinski definition) is 1. The van der Waals surface area contributed by atoms with Gasteiger partial charge in [-0.1, -0.05) is 36.4 Å². The Morgan fingerprint density at radius 1 is 0.879 bits per heavy atom. The number of alkyl halides is 3. The van der Waals surface area contributed by atoms with Crippen molar-refractivity contribution in [2.75, 3.05) is 11.4 Å². The van der Waals surface area contributed by atoms with E-state index >= 15 is 0 Å². The van der Waals surface area contributed by atoms with E-state index < -0.39 is 41.2 Å². The number of rotatable bonds is 6. The third kappa shape index (κ3) is 5.56. The quantitative estimate of drug-likeness (QED) is 0.298. The highest BCUT2D eigenvalue weighted by Crippen LogP contribution is 2.34. The van der Waals surface area contributed by atoms with E-state index in [4.69, 9.17) is 0 Å². The van der Waals surface area contributed by atoms with Crippen molar-refractivity contribution in [2.24, 2.45) is 0 Å². The minimum absolute atomic E-state index is 0.000100. The third-order valence-corrected chi connectivity index (χ3v) is 5.45. The van der Waals surface area contributed by atoms with Gasteiger partial charge >= 0.3 is 6.18 Å². The van der Waals surface area contributed by atoms with Crippen LogP contribution in [0.2, 0.25) is 0 Å². The van der Waals surface area contributed by atoms with Crippen molar-refractivity contribution in [2.45, 2.75) is 32.9 Å². The zero-order valence-corrected chi connectivity index (χ0v) is 17.9. The molecule has 33 heavy (non-hydrogen) atoms. The first-order chi connectivity index (χ1) is 15.5. The average Bonchev–Trinajstić information content (AvgIpc) is 2.75. The first kappa shape index (κ1) is 24.4. The summed E-state index contributed by atoms with van der Waals surface area (Å²) < 4.78 is 81.2. The van der Waals surface area contributed by atoms with Crippen LogP contribution in [0.1, 0.15) is 27.8 Å². The first-order valence-electron chi connectivity index (χ1n) is 10.1. The Kier molecular flexibility index (Phi) is 7.15. The van der Waals surface area contributed by atoms with E-state index in [0.29, 0.717) is 11.3 Å². The summed E-state index contributed by atoms with van der Waals surface area (Å²) in [6, 6.07) is 14.0. The molecule has 0 unspecified atom stereocenters. The van der Waals surface area contributed by atoms with Gasteiger partial charge in [-0.25, -0.2) is 13.2 Å². The molecule has 0 N–H and O–H groups in total. The van der Waals surface area contributed by atoms with Crippen molar-refractivity contribution < 1.29 is 31.1 Å². The number of anilines is 1. The van der Waals surface area contributed by atoms with Gasteiger partial charge in [-0.3, -0.25) is 4.79 Å². The molecule has 0 aromatic heterocycles. The molecule has 2 nitrogen and oxygen atoms in total. The summed E-state index contributed by atoms with van der Waals surface area (Å²) in [6.45, 7) is 3.46. The minimum atomic E-state index is -5.23. The molecule has 3 rings (SSSR count). The Bertz CT molecular complexity index is 1160. The molecule has 0 radical (unpaired) electrons. The number of aryl methyl sites for hydroxylation is 2. The van der Waals surface area contributed by atoms with E-state index in [2.05, 4.69) is 0 Å². The maximum Gasteiger partial charge on any atom is 0.419 e. The largest absolute Gasteiger partial charge is 0.419 e. The molecule has 0 aliphatic heterocycles. The summed E-state index contributed by atoms with van der Waals surface area (Å²) >= 11 is 0. The molecule has 0 aliphatic rings. The Morgan fingerprint density at radius 2 is 1.55 bits per heavy atom. The summed E-state index contributed by atoms with van der Waals surface area (Å²) in [4.78, 5) is 14.4. The van der Waals surface area contributed by atoms with Gasteiger partial charge in [-0.15, -0.1) is 0 Å². The second kappa shape index (κ2) is 9.68. The van der Waals surface area contributed by atoms with Crippen LogP contribution < -0.4 is 4.90 Å². The Hall–Kier alpha value is -3.29. The second-order valence-corrected chi connectivity index (χ2v) is 7.74. The predicted molar refractivity (Wildman–Crippen MR) is 113 cm³/mol. The lowest BCUT2D eigenvalue weighted by molar-refractivity contribution is -0.140. The van der Waals surface area contributed by atoms with Gasteiger partial charge in [0.2, 0.25) is 5.91 Å². The fourth-order valence-electron chi connectivity index (χ4n) is 3.45. The topological polar surface area (TPSA) is 20.3 Å². The van der Waals surface area contributed by atoms with E-state index in [-0.39, 0.29) is 24.9 Å². The first-order valence-corrected chi connectivity index (χ1v) is 10.1. The lowest BCUT2D eigenvalue weighted by Crippen LogP contribution is -2.34. The Balaban J connectivity index is 1.93. The zero-order valence-electron chi connectivity index (χ0n) is 17.9. The lowest BCUT2D eigenvalue weighted by Gasteiger charge is -2.24. The smallest absolute Gasteiger partial charge is 0.312 e. The summed E-state index contributed by atoms with van der Waals surface area (Å²) in [6.07, 6.45) is -5.75. The number of benzene rings is 3. The normalized spacial score (nSPS) is 11.5. The van der Waals surface area contributed by atoms with Crippen LogP contribution in [0.5, 0.6) is 0 Å². The predicted octanol–water partition coefficient (Wildman–Crippen LogP) is 6.56. The van der Waals surface area contributed by atoms with Crippen LogP contribution in [0.25, 0.3) is 0 Å². The maximum atomic E-state index is 14.4. The van der Waals surface area contributed by atoms with Crippen molar-refractivity contribution in [1.29, 1.82) is 0 Å². The summed E-state index contributed by atoms with van der Waals surface area (Å²) in [5, 5.41) is 0. The monoisotopic (exact) mass is 465 g/mol. The molecular formula is C25H21F6NO. The molecule has 0 fully saturated rings. The van der Waals surface area contributed by atoms with Gasteiger partial charge in [0.15, 0.2) is 11.6 Å². The highest BCUT2D eigenvalue weighted by molar-refractivity contribution is 5.95. The van der Waals surface area contributed by atoms with Crippen LogP contribution in [0, 0.1) is 31.3 Å². The Morgan fingerprint density at radius 3 is 2.15 bits per heavy atom. The zero-order chi connectivity index (χ0) is 24.3. The average molecular weight is 465 g/mol. The molecule has 174 valence electrons. The second-order valence-electron chi connectivity index (χ2n) is 7.74. The fourth-order valence-corrected chi connectivity index (χ4v) is 3.45. The van der Waals surface area contributed by atoms with E-state index in [1.54, 1.807) is 48.5 Å². The number of carbonyl (C=O) groups excluding carboxylic acids is 1. The number of halogens is 6. The van der Waals surface area contributed by atoms with Gasteiger partial charge < -0.3 is 4.90 Å². The molecule has 0 saturated carbocycles. The highest BCUT2D eigenvalue weighted by Gasteiger charge is 2.37. The van der Waals surface area contributed by atoms with Crippen LogP contribution in [0.4, 0.5) is 32.0 Å². The molecule has 0 atom stereocenters. The van der Waals surface area contributed by atoms with Crippen LogP contribution in [-0.2, 0) is 23.8 Å². The molecule has 0 aliphatic carbocycles. The molecular weight excluding hydrogens is 444 g/mol. The SMILES string of the molecule is Cc1ccc(N(CCc2c(F)cc(C(F)(F)F)c(F)c2F)C(=O)Cc2ccccc2)cc1C. The van der Waals surface area contributed by atoms with E-state index in [1.165, 1.54) is 4.90 Å². The number of carbonyl (C=O) groups is 1. The van der Waals surface area contributed by atoms with Gasteiger partial charge in [0.1, 0.15) is 5.82 Å². The fraction of sp³-hybridized carbons (Fsp3) is 0.240. The molecule has 3 aromatic rings. The minimum Gasteiger partial charge on any atom is -0.312 e. The van der Waals surface area contributed by atoms with Crippen molar-refractivity contribution in [3.8, 4) is 0 Å². The van der Waals surface area contributed by atoms with Gasteiger partial charge in [-0.05, 0) is 55.2 Å². The molecule has 0 heterocycles. The number of nitrogens with zero attached hydrogens (tertiary/aromatic N) is 1. The summed E-state index contributed by atoms with van der Waals surface area (Å²) in [7, 11) is 0. The van der Waals surface area contributed by atoms with Crippen molar-refractivity contribution >= 4 is 11.6 Å². The van der Waals surface area contributed by atoms with Crippen molar-refractivity contribution in [3.63, 3.8) is 0 Å². The number of amides is 1. The van der Waals surface area contributed by atoms with E-state index in [1.807, 2.05) is 13.8 Å². The molecule has 0 bridgehead atoms. The van der Waals surface area contributed by atoms with Crippen LogP contribution in [0.3, 0.4) is 0 Å². The highest BCUT2D eigenvalue weighted by atomic mass is 19.4. The standard InChI is InChI=1S/C25H21F6NO/c1-15-8-9-18(12-16(15)2)32(22(33)13-17-6-4-3-5-7-17)11-10-19-21(26)14-20(25(29,30)31)24(28)23(19)27/h3-9,12,14H,10-11,13H2,1-2H3. The lowest BCUT2D eigenvalue weighted by atomic mass is 10.0. The maximum absolute atomic E-state index is 14.4. The molecule has 0 spiro atoms. The Labute approximate surface area is 187 Å². The van der Waals surface area contributed by atoms with Gasteiger partial charge in [0, 0.05) is 17.8 Å². The van der Waals surface area contributed by atoms with Crippen LogP contribution >= 0.6 is 0 Å². The summed E-state index contributed by atoms with van der Waals surface area (Å²) in [5.74, 6) is -5.96. The molecule has 8 heteroatoms. The summed E-state index contributed by atoms with van der Waals surface area (Å²) in [5.41, 5.74) is 0.176. The molecule has 3 aromatic carbocycles. The van der Waals surface area contributed by atoms with Crippen molar-refractivity contribution in [1.82, 2.24) is 0 Å². The van der Waals surface area contributed by atoms with Crippen LogP contribution in [0.15, 0.2) is 54.6 Å². The van der Waals surface area contributed by atoms with E-state index in [9.17, 15) is 31.1 Å². The van der Waals surface area contributed by atoms with E-state index in [0.717, 1.165) is 11.1 Å².